The van der Waals surface area contributed by atoms with Crippen molar-refractivity contribution in [3.05, 3.63) is 34.9 Å². The molecule has 2 N–H and O–H groups in total. The first kappa shape index (κ1) is 10.3. The van der Waals surface area contributed by atoms with Crippen molar-refractivity contribution in [3.8, 4) is 0 Å². The van der Waals surface area contributed by atoms with Crippen LogP contribution in [0.1, 0.15) is 17.9 Å². The SMILES string of the molecule is NC1CSCCC1c1ccccc1Cl. The molecule has 0 radical (unpaired) electrons. The monoisotopic (exact) mass is 227 g/mol. The minimum Gasteiger partial charge on any atom is -0.326 e. The normalized spacial score (nSPS) is 27.6. The maximum atomic E-state index is 6.16. The molecule has 1 aromatic carbocycles. The van der Waals surface area contributed by atoms with Crippen LogP contribution in [-0.2, 0) is 0 Å². The van der Waals surface area contributed by atoms with Crippen LogP contribution in [0, 0.1) is 0 Å². The van der Waals surface area contributed by atoms with Gasteiger partial charge in [0.15, 0.2) is 0 Å². The number of hydrogen-bond acceptors (Lipinski definition) is 2. The second-order valence-corrected chi connectivity index (χ2v) is 5.21. The van der Waals surface area contributed by atoms with Crippen LogP contribution in [0.4, 0.5) is 0 Å². The average Bonchev–Trinajstić information content (AvgIpc) is 2.20. The zero-order chi connectivity index (χ0) is 9.97. The molecule has 14 heavy (non-hydrogen) atoms. The summed E-state index contributed by atoms with van der Waals surface area (Å²) in [4.78, 5) is 0. The van der Waals surface area contributed by atoms with Gasteiger partial charge < -0.3 is 5.73 Å². The lowest BCUT2D eigenvalue weighted by atomic mass is 9.90. The third-order valence-corrected chi connectivity index (χ3v) is 4.19. The molecule has 0 amide bonds. The molecule has 1 aromatic rings. The van der Waals surface area contributed by atoms with Gasteiger partial charge in [-0.15, -0.1) is 0 Å². The molecule has 0 saturated carbocycles. The molecule has 1 aliphatic rings. The number of benzene rings is 1. The van der Waals surface area contributed by atoms with E-state index in [0.717, 1.165) is 17.2 Å². The van der Waals surface area contributed by atoms with E-state index in [1.54, 1.807) is 0 Å². The molecule has 1 fully saturated rings. The van der Waals surface area contributed by atoms with E-state index >= 15 is 0 Å². The topological polar surface area (TPSA) is 26.0 Å². The largest absolute Gasteiger partial charge is 0.326 e. The zero-order valence-corrected chi connectivity index (χ0v) is 9.52. The van der Waals surface area contributed by atoms with Crippen molar-refractivity contribution in [1.82, 2.24) is 0 Å². The smallest absolute Gasteiger partial charge is 0.0441 e. The van der Waals surface area contributed by atoms with Crippen LogP contribution in [0.5, 0.6) is 0 Å². The lowest BCUT2D eigenvalue weighted by molar-refractivity contribution is 0.549. The van der Waals surface area contributed by atoms with Crippen LogP contribution >= 0.6 is 23.4 Å². The molecular formula is C11H14ClNS. The van der Waals surface area contributed by atoms with Gasteiger partial charge in [-0.1, -0.05) is 29.8 Å². The van der Waals surface area contributed by atoms with Gasteiger partial charge in [-0.2, -0.15) is 11.8 Å². The quantitative estimate of drug-likeness (QED) is 0.799. The molecule has 0 aliphatic carbocycles. The molecule has 2 rings (SSSR count). The second-order valence-electron chi connectivity index (χ2n) is 3.66. The van der Waals surface area contributed by atoms with E-state index in [2.05, 4.69) is 6.07 Å². The van der Waals surface area contributed by atoms with Gasteiger partial charge in [0.1, 0.15) is 0 Å². The van der Waals surface area contributed by atoms with Gasteiger partial charge in [-0.3, -0.25) is 0 Å². The first-order valence-corrected chi connectivity index (χ1v) is 6.40. The lowest BCUT2D eigenvalue weighted by Gasteiger charge is -2.29. The molecular weight excluding hydrogens is 214 g/mol. The van der Waals surface area contributed by atoms with Crippen molar-refractivity contribution >= 4 is 23.4 Å². The highest BCUT2D eigenvalue weighted by Gasteiger charge is 2.24. The molecule has 2 atom stereocenters. The number of rotatable bonds is 1. The molecule has 1 heterocycles. The van der Waals surface area contributed by atoms with Gasteiger partial charge in [0.25, 0.3) is 0 Å². The van der Waals surface area contributed by atoms with Gasteiger partial charge in [0, 0.05) is 22.7 Å². The Morgan fingerprint density at radius 3 is 2.86 bits per heavy atom. The van der Waals surface area contributed by atoms with E-state index < -0.39 is 0 Å². The number of nitrogens with two attached hydrogens (primary N) is 1. The maximum absolute atomic E-state index is 6.16. The van der Waals surface area contributed by atoms with Gasteiger partial charge in [0.05, 0.1) is 0 Å². The second kappa shape index (κ2) is 4.56. The summed E-state index contributed by atoms with van der Waals surface area (Å²) in [5.41, 5.74) is 7.32. The van der Waals surface area contributed by atoms with Crippen LogP contribution in [0.2, 0.25) is 5.02 Å². The third-order valence-electron chi connectivity index (χ3n) is 2.71. The molecule has 1 nitrogen and oxygen atoms in total. The summed E-state index contributed by atoms with van der Waals surface area (Å²) < 4.78 is 0. The Bertz CT molecular complexity index is 316. The summed E-state index contributed by atoms with van der Waals surface area (Å²) in [5.74, 6) is 2.70. The number of hydrogen-bond donors (Lipinski definition) is 1. The van der Waals surface area contributed by atoms with E-state index in [-0.39, 0.29) is 6.04 Å². The van der Waals surface area contributed by atoms with E-state index in [9.17, 15) is 0 Å². The Morgan fingerprint density at radius 2 is 2.14 bits per heavy atom. The fraction of sp³-hybridized carbons (Fsp3) is 0.455. The van der Waals surface area contributed by atoms with Crippen molar-refractivity contribution in [3.63, 3.8) is 0 Å². The van der Waals surface area contributed by atoms with E-state index in [1.165, 1.54) is 11.3 Å². The minimum absolute atomic E-state index is 0.258. The van der Waals surface area contributed by atoms with Crippen LogP contribution in [0.15, 0.2) is 24.3 Å². The van der Waals surface area contributed by atoms with Gasteiger partial charge in [-0.25, -0.2) is 0 Å². The van der Waals surface area contributed by atoms with Crippen molar-refractivity contribution in [2.75, 3.05) is 11.5 Å². The highest BCUT2D eigenvalue weighted by Crippen LogP contribution is 2.34. The van der Waals surface area contributed by atoms with E-state index in [4.69, 9.17) is 17.3 Å². The first-order valence-electron chi connectivity index (χ1n) is 4.87. The van der Waals surface area contributed by atoms with Crippen LogP contribution in [-0.4, -0.2) is 17.5 Å². The zero-order valence-electron chi connectivity index (χ0n) is 7.95. The minimum atomic E-state index is 0.258. The highest BCUT2D eigenvalue weighted by atomic mass is 35.5. The molecule has 0 bridgehead atoms. The highest BCUT2D eigenvalue weighted by molar-refractivity contribution is 7.99. The fourth-order valence-corrected chi connectivity index (χ4v) is 3.29. The molecule has 0 spiro atoms. The summed E-state index contributed by atoms with van der Waals surface area (Å²) in [6.45, 7) is 0. The van der Waals surface area contributed by atoms with Crippen molar-refractivity contribution < 1.29 is 0 Å². The first-order chi connectivity index (χ1) is 6.79. The Kier molecular flexibility index (Phi) is 3.37. The molecule has 3 heteroatoms. The van der Waals surface area contributed by atoms with E-state index in [1.807, 2.05) is 30.0 Å². The summed E-state index contributed by atoms with van der Waals surface area (Å²) in [7, 11) is 0. The number of thioether (sulfide) groups is 1. The standard InChI is InChI=1S/C11H14ClNS/c12-10-4-2-1-3-8(10)9-5-6-14-7-11(9)13/h1-4,9,11H,5-7,13H2. The van der Waals surface area contributed by atoms with Crippen molar-refractivity contribution in [2.45, 2.75) is 18.4 Å². The number of halogens is 1. The Morgan fingerprint density at radius 1 is 1.36 bits per heavy atom. The predicted molar refractivity (Wildman–Crippen MR) is 64.1 cm³/mol. The van der Waals surface area contributed by atoms with E-state index in [0.29, 0.717) is 5.92 Å². The summed E-state index contributed by atoms with van der Waals surface area (Å²) in [6, 6.07) is 8.31. The molecule has 1 saturated heterocycles. The Balaban J connectivity index is 2.25. The molecule has 2 unspecified atom stereocenters. The third kappa shape index (κ3) is 2.08. The van der Waals surface area contributed by atoms with Crippen molar-refractivity contribution in [1.29, 1.82) is 0 Å². The summed E-state index contributed by atoms with van der Waals surface area (Å²) >= 11 is 8.10. The maximum Gasteiger partial charge on any atom is 0.0441 e. The Hall–Kier alpha value is -0.180. The average molecular weight is 228 g/mol. The van der Waals surface area contributed by atoms with Crippen LogP contribution < -0.4 is 5.73 Å². The van der Waals surface area contributed by atoms with Gasteiger partial charge in [0.2, 0.25) is 0 Å². The van der Waals surface area contributed by atoms with Gasteiger partial charge >= 0.3 is 0 Å². The van der Waals surface area contributed by atoms with Crippen LogP contribution in [0.25, 0.3) is 0 Å². The lowest BCUT2D eigenvalue weighted by Crippen LogP contribution is -2.34. The molecule has 1 aliphatic heterocycles. The Labute approximate surface area is 94.0 Å². The predicted octanol–water partition coefficient (Wildman–Crippen LogP) is 2.89. The van der Waals surface area contributed by atoms with Crippen molar-refractivity contribution in [2.24, 2.45) is 5.73 Å². The fourth-order valence-electron chi connectivity index (χ4n) is 1.92. The summed E-state index contributed by atoms with van der Waals surface area (Å²) in [5, 5.41) is 0.861. The van der Waals surface area contributed by atoms with Crippen LogP contribution in [0.3, 0.4) is 0 Å². The molecule has 76 valence electrons. The summed E-state index contributed by atoms with van der Waals surface area (Å²) in [6.07, 6.45) is 1.15. The molecule has 0 aromatic heterocycles. The van der Waals surface area contributed by atoms with Gasteiger partial charge in [-0.05, 0) is 23.8 Å².